The van der Waals surface area contributed by atoms with E-state index in [1.165, 1.54) is 0 Å². The SMILES string of the molecule is Cc1cc(C)n(-c2ccc(CCNC(=O)[C@H]3CCC(=O)N3)cc2)n1. The van der Waals surface area contributed by atoms with Crippen molar-refractivity contribution in [3.8, 4) is 5.69 Å². The third-order valence-electron chi connectivity index (χ3n) is 4.22. The molecule has 1 fully saturated rings. The Labute approximate surface area is 141 Å². The molecule has 1 saturated heterocycles. The van der Waals surface area contributed by atoms with Crippen molar-refractivity contribution in [2.75, 3.05) is 6.54 Å². The van der Waals surface area contributed by atoms with E-state index in [0.717, 1.165) is 29.1 Å². The first-order valence-electron chi connectivity index (χ1n) is 8.22. The molecule has 0 radical (unpaired) electrons. The van der Waals surface area contributed by atoms with Crippen LogP contribution in [0.5, 0.6) is 0 Å². The van der Waals surface area contributed by atoms with Gasteiger partial charge in [0, 0.05) is 18.7 Å². The summed E-state index contributed by atoms with van der Waals surface area (Å²) in [4.78, 5) is 23.1. The molecule has 0 spiro atoms. The van der Waals surface area contributed by atoms with Crippen LogP contribution in [-0.2, 0) is 16.0 Å². The minimum Gasteiger partial charge on any atom is -0.354 e. The summed E-state index contributed by atoms with van der Waals surface area (Å²) < 4.78 is 1.92. The standard InChI is InChI=1S/C18H22N4O2/c1-12-11-13(2)22(21-12)15-5-3-14(4-6-15)9-10-19-18(24)16-7-8-17(23)20-16/h3-6,11,16H,7-10H2,1-2H3,(H,19,24)(H,20,23)/t16-/m1/s1. The normalized spacial score (nSPS) is 16.9. The molecule has 0 saturated carbocycles. The summed E-state index contributed by atoms with van der Waals surface area (Å²) in [6.45, 7) is 4.57. The molecule has 0 aliphatic carbocycles. The number of rotatable bonds is 5. The lowest BCUT2D eigenvalue weighted by Crippen LogP contribution is -2.42. The molecule has 0 unspecified atom stereocenters. The summed E-state index contributed by atoms with van der Waals surface area (Å²) in [7, 11) is 0. The second-order valence-electron chi connectivity index (χ2n) is 6.21. The van der Waals surface area contributed by atoms with Crippen LogP contribution >= 0.6 is 0 Å². The second-order valence-corrected chi connectivity index (χ2v) is 6.21. The number of carbonyl (C=O) groups excluding carboxylic acids is 2. The van der Waals surface area contributed by atoms with Gasteiger partial charge < -0.3 is 10.6 Å². The lowest BCUT2D eigenvalue weighted by molar-refractivity contribution is -0.125. The van der Waals surface area contributed by atoms with E-state index in [-0.39, 0.29) is 17.9 Å². The maximum Gasteiger partial charge on any atom is 0.242 e. The van der Waals surface area contributed by atoms with E-state index in [9.17, 15) is 9.59 Å². The quantitative estimate of drug-likeness (QED) is 0.873. The highest BCUT2D eigenvalue weighted by Gasteiger charge is 2.26. The molecule has 1 aromatic carbocycles. The smallest absolute Gasteiger partial charge is 0.242 e. The lowest BCUT2D eigenvalue weighted by atomic mass is 10.1. The van der Waals surface area contributed by atoms with Gasteiger partial charge in [-0.25, -0.2) is 4.68 Å². The van der Waals surface area contributed by atoms with Crippen molar-refractivity contribution in [2.24, 2.45) is 0 Å². The molecule has 1 atom stereocenters. The molecule has 1 aliphatic rings. The maximum absolute atomic E-state index is 11.9. The van der Waals surface area contributed by atoms with Crippen molar-refractivity contribution in [2.45, 2.75) is 39.2 Å². The van der Waals surface area contributed by atoms with Crippen LogP contribution in [0.4, 0.5) is 0 Å². The van der Waals surface area contributed by atoms with Crippen LogP contribution < -0.4 is 10.6 Å². The van der Waals surface area contributed by atoms with Gasteiger partial charge in [0.25, 0.3) is 0 Å². The van der Waals surface area contributed by atoms with E-state index in [4.69, 9.17) is 0 Å². The molecule has 3 rings (SSSR count). The molecule has 1 aliphatic heterocycles. The zero-order valence-electron chi connectivity index (χ0n) is 14.0. The van der Waals surface area contributed by atoms with Crippen LogP contribution in [0.15, 0.2) is 30.3 Å². The highest BCUT2D eigenvalue weighted by atomic mass is 16.2. The molecule has 2 aromatic rings. The van der Waals surface area contributed by atoms with E-state index in [2.05, 4.69) is 27.9 Å². The van der Waals surface area contributed by atoms with Crippen molar-refractivity contribution in [3.05, 3.63) is 47.3 Å². The number of nitrogens with zero attached hydrogens (tertiary/aromatic N) is 2. The number of nitrogens with one attached hydrogen (secondary N) is 2. The Morgan fingerprint density at radius 3 is 2.67 bits per heavy atom. The monoisotopic (exact) mass is 326 g/mol. The summed E-state index contributed by atoms with van der Waals surface area (Å²) in [6, 6.07) is 9.85. The Balaban J connectivity index is 1.52. The van der Waals surface area contributed by atoms with E-state index >= 15 is 0 Å². The highest BCUT2D eigenvalue weighted by Crippen LogP contribution is 2.13. The van der Waals surface area contributed by atoms with Gasteiger partial charge in [-0.05, 0) is 50.5 Å². The number of carbonyl (C=O) groups is 2. The average molecular weight is 326 g/mol. The summed E-state index contributed by atoms with van der Waals surface area (Å²) in [5.74, 6) is -0.144. The number of amides is 2. The van der Waals surface area contributed by atoms with Crippen LogP contribution in [0.1, 0.15) is 29.8 Å². The van der Waals surface area contributed by atoms with Gasteiger partial charge in [-0.1, -0.05) is 12.1 Å². The van der Waals surface area contributed by atoms with Gasteiger partial charge in [-0.15, -0.1) is 0 Å². The molecule has 1 aromatic heterocycles. The molecule has 24 heavy (non-hydrogen) atoms. The van der Waals surface area contributed by atoms with Crippen molar-refractivity contribution < 1.29 is 9.59 Å². The fourth-order valence-corrected chi connectivity index (χ4v) is 2.96. The molecule has 2 heterocycles. The van der Waals surface area contributed by atoms with E-state index in [1.54, 1.807) is 0 Å². The highest BCUT2D eigenvalue weighted by molar-refractivity contribution is 5.90. The molecular formula is C18H22N4O2. The van der Waals surface area contributed by atoms with E-state index in [0.29, 0.717) is 19.4 Å². The zero-order valence-corrected chi connectivity index (χ0v) is 14.0. The first-order chi connectivity index (χ1) is 11.5. The minimum atomic E-state index is -0.370. The first kappa shape index (κ1) is 16.2. The van der Waals surface area contributed by atoms with Crippen molar-refractivity contribution in [1.29, 1.82) is 0 Å². The number of aromatic nitrogens is 2. The van der Waals surface area contributed by atoms with Crippen molar-refractivity contribution in [1.82, 2.24) is 20.4 Å². The summed E-state index contributed by atoms with van der Waals surface area (Å²) in [5.41, 5.74) is 4.28. The minimum absolute atomic E-state index is 0.0464. The van der Waals surface area contributed by atoms with Gasteiger partial charge in [0.15, 0.2) is 0 Å². The van der Waals surface area contributed by atoms with Crippen LogP contribution in [0, 0.1) is 13.8 Å². The van der Waals surface area contributed by atoms with Gasteiger partial charge in [0.2, 0.25) is 11.8 Å². The van der Waals surface area contributed by atoms with Gasteiger partial charge in [-0.2, -0.15) is 5.10 Å². The van der Waals surface area contributed by atoms with Crippen LogP contribution in [-0.4, -0.2) is 34.2 Å². The largest absolute Gasteiger partial charge is 0.354 e. The molecule has 6 nitrogen and oxygen atoms in total. The third-order valence-corrected chi connectivity index (χ3v) is 4.22. The second kappa shape index (κ2) is 6.86. The fourth-order valence-electron chi connectivity index (χ4n) is 2.96. The van der Waals surface area contributed by atoms with E-state index in [1.807, 2.05) is 36.7 Å². The van der Waals surface area contributed by atoms with Crippen LogP contribution in [0.25, 0.3) is 5.69 Å². The Kier molecular flexibility index (Phi) is 4.64. The van der Waals surface area contributed by atoms with Crippen LogP contribution in [0.2, 0.25) is 0 Å². The average Bonchev–Trinajstić information content (AvgIpc) is 3.13. The predicted octanol–water partition coefficient (Wildman–Crippen LogP) is 1.43. The zero-order chi connectivity index (χ0) is 17.1. The first-order valence-corrected chi connectivity index (χ1v) is 8.22. The number of hydrogen-bond donors (Lipinski definition) is 2. The summed E-state index contributed by atoms with van der Waals surface area (Å²) >= 11 is 0. The number of aryl methyl sites for hydroxylation is 2. The molecule has 0 bridgehead atoms. The Morgan fingerprint density at radius 2 is 2.08 bits per heavy atom. The van der Waals surface area contributed by atoms with Gasteiger partial charge in [-0.3, -0.25) is 9.59 Å². The summed E-state index contributed by atoms with van der Waals surface area (Å²) in [5, 5.41) is 10.0. The van der Waals surface area contributed by atoms with Crippen molar-refractivity contribution >= 4 is 11.8 Å². The third kappa shape index (κ3) is 3.64. The number of hydrogen-bond acceptors (Lipinski definition) is 3. The van der Waals surface area contributed by atoms with Crippen molar-refractivity contribution in [3.63, 3.8) is 0 Å². The predicted molar refractivity (Wildman–Crippen MR) is 90.9 cm³/mol. The Bertz CT molecular complexity index is 749. The number of benzene rings is 1. The fraction of sp³-hybridized carbons (Fsp3) is 0.389. The van der Waals surface area contributed by atoms with E-state index < -0.39 is 0 Å². The lowest BCUT2D eigenvalue weighted by Gasteiger charge is -2.11. The molecule has 6 heteroatoms. The topological polar surface area (TPSA) is 76.0 Å². The van der Waals surface area contributed by atoms with Gasteiger partial charge in [0.1, 0.15) is 6.04 Å². The molecule has 2 amide bonds. The summed E-state index contributed by atoms with van der Waals surface area (Å²) in [6.07, 6.45) is 1.78. The Hall–Kier alpha value is -2.63. The molecular weight excluding hydrogens is 304 g/mol. The van der Waals surface area contributed by atoms with Gasteiger partial charge >= 0.3 is 0 Å². The molecule has 2 N–H and O–H groups in total. The molecule has 126 valence electrons. The maximum atomic E-state index is 11.9. The van der Waals surface area contributed by atoms with Crippen LogP contribution in [0.3, 0.4) is 0 Å². The van der Waals surface area contributed by atoms with Gasteiger partial charge in [0.05, 0.1) is 11.4 Å². The Morgan fingerprint density at radius 1 is 1.33 bits per heavy atom.